The molecule has 0 radical (unpaired) electrons. The van der Waals surface area contributed by atoms with Crippen molar-refractivity contribution in [1.29, 1.82) is 0 Å². The van der Waals surface area contributed by atoms with E-state index in [0.29, 0.717) is 12.1 Å². The molecule has 1 amide bonds. The molecule has 1 aromatic heterocycles. The lowest BCUT2D eigenvalue weighted by molar-refractivity contribution is -0.121. The van der Waals surface area contributed by atoms with E-state index in [1.807, 2.05) is 6.20 Å². The molecule has 0 spiro atoms. The van der Waals surface area contributed by atoms with Crippen LogP contribution in [0.3, 0.4) is 0 Å². The number of likely N-dealkylation sites (N-methyl/N-ethyl adjacent to an activating group) is 1. The minimum atomic E-state index is -0.0475. The van der Waals surface area contributed by atoms with Crippen LogP contribution in [-0.2, 0) is 16.1 Å². The van der Waals surface area contributed by atoms with E-state index in [1.54, 1.807) is 17.9 Å². The molecule has 0 aromatic carbocycles. The van der Waals surface area contributed by atoms with E-state index < -0.39 is 0 Å². The summed E-state index contributed by atoms with van der Waals surface area (Å²) in [6, 6.07) is 0.429. The second kappa shape index (κ2) is 7.28. The zero-order valence-electron chi connectivity index (χ0n) is 12.3. The molecule has 1 saturated heterocycles. The van der Waals surface area contributed by atoms with Crippen LogP contribution in [0.5, 0.6) is 0 Å². The Morgan fingerprint density at radius 1 is 1.60 bits per heavy atom. The maximum Gasteiger partial charge on any atom is 0.241 e. The van der Waals surface area contributed by atoms with Crippen LogP contribution in [0.4, 0.5) is 5.69 Å². The van der Waals surface area contributed by atoms with Crippen molar-refractivity contribution in [2.45, 2.75) is 51.3 Å². The van der Waals surface area contributed by atoms with E-state index >= 15 is 0 Å². The minimum Gasteiger partial charge on any atom is -0.380 e. The quantitative estimate of drug-likeness (QED) is 0.826. The van der Waals surface area contributed by atoms with E-state index in [2.05, 4.69) is 22.7 Å². The van der Waals surface area contributed by atoms with Crippen molar-refractivity contribution in [2.24, 2.45) is 0 Å². The highest BCUT2D eigenvalue weighted by atomic mass is 16.5. The Morgan fingerprint density at radius 3 is 3.20 bits per heavy atom. The Labute approximate surface area is 119 Å². The largest absolute Gasteiger partial charge is 0.380 e. The molecule has 2 atom stereocenters. The van der Waals surface area contributed by atoms with E-state index in [9.17, 15) is 4.79 Å². The number of anilines is 1. The van der Waals surface area contributed by atoms with Crippen LogP contribution in [0.15, 0.2) is 12.4 Å². The van der Waals surface area contributed by atoms with Gasteiger partial charge >= 0.3 is 0 Å². The summed E-state index contributed by atoms with van der Waals surface area (Å²) in [5, 5.41) is 10.3. The molecule has 1 fully saturated rings. The Morgan fingerprint density at radius 2 is 2.45 bits per heavy atom. The van der Waals surface area contributed by atoms with Gasteiger partial charge in [0, 0.05) is 25.9 Å². The van der Waals surface area contributed by atoms with Crippen molar-refractivity contribution in [3.05, 3.63) is 12.4 Å². The van der Waals surface area contributed by atoms with Gasteiger partial charge in [0.1, 0.15) is 6.54 Å². The normalized spacial score (nSPS) is 22.5. The molecule has 0 saturated carbocycles. The molecule has 1 aromatic rings. The number of rotatable bonds is 6. The molecule has 0 bridgehead atoms. The monoisotopic (exact) mass is 280 g/mol. The van der Waals surface area contributed by atoms with Crippen LogP contribution in [0.25, 0.3) is 0 Å². The molecule has 20 heavy (non-hydrogen) atoms. The second-order valence-corrected chi connectivity index (χ2v) is 5.25. The number of carbonyl (C=O) groups is 1. The molecule has 2 heterocycles. The van der Waals surface area contributed by atoms with Gasteiger partial charge in [0.05, 0.1) is 18.0 Å². The molecular weight excluding hydrogens is 256 g/mol. The summed E-state index contributed by atoms with van der Waals surface area (Å²) in [5.74, 6) is -0.0475. The van der Waals surface area contributed by atoms with E-state index in [-0.39, 0.29) is 12.5 Å². The lowest BCUT2D eigenvalue weighted by atomic mass is 10.00. The number of hydrogen-bond donors (Lipinski definition) is 2. The number of aromatic nitrogens is 2. The topological polar surface area (TPSA) is 68.2 Å². The summed E-state index contributed by atoms with van der Waals surface area (Å²) in [4.78, 5) is 11.3. The van der Waals surface area contributed by atoms with Crippen LogP contribution >= 0.6 is 0 Å². The molecule has 112 valence electrons. The van der Waals surface area contributed by atoms with Crippen LogP contribution < -0.4 is 10.6 Å². The third-order valence-corrected chi connectivity index (χ3v) is 3.57. The molecular formula is C14H24N4O2. The first-order chi connectivity index (χ1) is 9.71. The maximum absolute atomic E-state index is 11.3. The molecule has 2 N–H and O–H groups in total. The lowest BCUT2D eigenvalue weighted by Gasteiger charge is -2.30. The molecule has 2 unspecified atom stereocenters. The lowest BCUT2D eigenvalue weighted by Crippen LogP contribution is -2.33. The maximum atomic E-state index is 11.3. The highest BCUT2D eigenvalue weighted by Gasteiger charge is 2.22. The summed E-state index contributed by atoms with van der Waals surface area (Å²) in [6.45, 7) is 3.25. The number of nitrogens with one attached hydrogen (secondary N) is 2. The van der Waals surface area contributed by atoms with E-state index in [4.69, 9.17) is 4.74 Å². The fraction of sp³-hybridized carbons (Fsp3) is 0.714. The van der Waals surface area contributed by atoms with Gasteiger partial charge in [-0.2, -0.15) is 5.10 Å². The summed E-state index contributed by atoms with van der Waals surface area (Å²) in [5.41, 5.74) is 0.969. The van der Waals surface area contributed by atoms with Gasteiger partial charge in [0.25, 0.3) is 0 Å². The van der Waals surface area contributed by atoms with Crippen molar-refractivity contribution in [3.8, 4) is 0 Å². The zero-order valence-corrected chi connectivity index (χ0v) is 12.3. The molecule has 1 aliphatic heterocycles. The molecule has 2 rings (SSSR count). The van der Waals surface area contributed by atoms with Crippen molar-refractivity contribution in [2.75, 3.05) is 19.0 Å². The predicted molar refractivity (Wildman–Crippen MR) is 77.6 cm³/mol. The molecule has 6 nitrogen and oxygen atoms in total. The van der Waals surface area contributed by atoms with E-state index in [0.717, 1.165) is 38.0 Å². The van der Waals surface area contributed by atoms with Crippen LogP contribution in [0.2, 0.25) is 0 Å². The number of ether oxygens (including phenoxy) is 1. The smallest absolute Gasteiger partial charge is 0.241 e. The van der Waals surface area contributed by atoms with Crippen LogP contribution in [0, 0.1) is 0 Å². The van der Waals surface area contributed by atoms with Gasteiger partial charge < -0.3 is 15.4 Å². The summed E-state index contributed by atoms with van der Waals surface area (Å²) >= 11 is 0. The first kappa shape index (κ1) is 14.8. The number of amides is 1. The van der Waals surface area contributed by atoms with Gasteiger partial charge in [0.2, 0.25) is 5.91 Å². The van der Waals surface area contributed by atoms with Crippen molar-refractivity contribution in [1.82, 2.24) is 15.1 Å². The molecule has 1 aliphatic rings. The summed E-state index contributed by atoms with van der Waals surface area (Å²) in [7, 11) is 1.63. The third kappa shape index (κ3) is 4.23. The van der Waals surface area contributed by atoms with Gasteiger partial charge in [-0.15, -0.1) is 0 Å². The Balaban J connectivity index is 1.85. The van der Waals surface area contributed by atoms with Crippen molar-refractivity contribution >= 4 is 11.6 Å². The minimum absolute atomic E-state index is 0.0475. The third-order valence-electron chi connectivity index (χ3n) is 3.57. The first-order valence-corrected chi connectivity index (χ1v) is 7.32. The van der Waals surface area contributed by atoms with Gasteiger partial charge in [-0.25, -0.2) is 0 Å². The average molecular weight is 280 g/mol. The Kier molecular flexibility index (Phi) is 5.40. The zero-order chi connectivity index (χ0) is 14.4. The number of nitrogens with zero attached hydrogens (tertiary/aromatic N) is 2. The van der Waals surface area contributed by atoms with Gasteiger partial charge in [0.15, 0.2) is 0 Å². The number of carbonyl (C=O) groups excluding carboxylic acids is 1. The highest BCUT2D eigenvalue weighted by Crippen LogP contribution is 2.21. The fourth-order valence-corrected chi connectivity index (χ4v) is 2.52. The Bertz CT molecular complexity index is 431. The molecule has 6 heteroatoms. The van der Waals surface area contributed by atoms with E-state index in [1.165, 1.54) is 0 Å². The van der Waals surface area contributed by atoms with Crippen molar-refractivity contribution < 1.29 is 9.53 Å². The summed E-state index contributed by atoms with van der Waals surface area (Å²) < 4.78 is 7.39. The summed E-state index contributed by atoms with van der Waals surface area (Å²) in [6.07, 6.45) is 8.34. The van der Waals surface area contributed by atoms with Gasteiger partial charge in [-0.05, 0) is 19.3 Å². The van der Waals surface area contributed by atoms with Crippen molar-refractivity contribution in [3.63, 3.8) is 0 Å². The standard InChI is InChI=1S/C14H24N4O2/c1-3-4-13-7-11(5-6-20-13)17-12-8-16-18(9-12)10-14(19)15-2/h8-9,11,13,17H,3-7,10H2,1-2H3,(H,15,19). The highest BCUT2D eigenvalue weighted by molar-refractivity contribution is 5.75. The fourth-order valence-electron chi connectivity index (χ4n) is 2.52. The second-order valence-electron chi connectivity index (χ2n) is 5.25. The van der Waals surface area contributed by atoms with Crippen LogP contribution in [-0.4, -0.2) is 41.5 Å². The Hall–Kier alpha value is -1.56. The molecule has 0 aliphatic carbocycles. The van der Waals surface area contributed by atoms with Crippen LogP contribution in [0.1, 0.15) is 32.6 Å². The first-order valence-electron chi connectivity index (χ1n) is 7.32. The van der Waals surface area contributed by atoms with Gasteiger partial charge in [-0.1, -0.05) is 13.3 Å². The number of hydrogen-bond acceptors (Lipinski definition) is 4. The SMILES string of the molecule is CCCC1CC(Nc2cnn(CC(=O)NC)c2)CCO1. The average Bonchev–Trinajstić information content (AvgIpc) is 2.86. The van der Waals surface area contributed by atoms with Gasteiger partial charge in [-0.3, -0.25) is 9.48 Å². The predicted octanol–water partition coefficient (Wildman–Crippen LogP) is 1.39.